The highest BCUT2D eigenvalue weighted by Crippen LogP contribution is 2.32. The zero-order valence-corrected chi connectivity index (χ0v) is 13.0. The smallest absolute Gasteiger partial charge is 0.287 e. The fourth-order valence-electron chi connectivity index (χ4n) is 2.01. The van der Waals surface area contributed by atoms with Crippen molar-refractivity contribution in [1.82, 2.24) is 10.0 Å². The molecule has 1 amide bonds. The van der Waals surface area contributed by atoms with Crippen LogP contribution in [0.3, 0.4) is 0 Å². The summed E-state index contributed by atoms with van der Waals surface area (Å²) in [4.78, 5) is 12.0. The SMILES string of the molecule is CNS(=O)(=O)c1ccc(C(=O)NCc2ccc3c(c2)OCO3)o1. The van der Waals surface area contributed by atoms with Crippen molar-refractivity contribution >= 4 is 15.9 Å². The van der Waals surface area contributed by atoms with Crippen LogP contribution in [-0.2, 0) is 16.6 Å². The van der Waals surface area contributed by atoms with Crippen LogP contribution in [0.5, 0.6) is 11.5 Å². The summed E-state index contributed by atoms with van der Waals surface area (Å²) >= 11 is 0. The highest BCUT2D eigenvalue weighted by Gasteiger charge is 2.19. The van der Waals surface area contributed by atoms with Gasteiger partial charge in [0.25, 0.3) is 15.9 Å². The Hall–Kier alpha value is -2.52. The molecule has 8 nitrogen and oxygen atoms in total. The summed E-state index contributed by atoms with van der Waals surface area (Å²) in [6, 6.07) is 7.85. The predicted molar refractivity (Wildman–Crippen MR) is 78.7 cm³/mol. The summed E-state index contributed by atoms with van der Waals surface area (Å²) in [7, 11) is -2.45. The van der Waals surface area contributed by atoms with Crippen LogP contribution in [0.1, 0.15) is 16.1 Å². The molecule has 0 aliphatic carbocycles. The number of benzene rings is 1. The maximum Gasteiger partial charge on any atom is 0.287 e. The quantitative estimate of drug-likeness (QED) is 0.837. The number of ether oxygens (including phenoxy) is 2. The van der Waals surface area contributed by atoms with Crippen LogP contribution in [0.15, 0.2) is 39.8 Å². The van der Waals surface area contributed by atoms with Crippen molar-refractivity contribution in [2.24, 2.45) is 0 Å². The summed E-state index contributed by atoms with van der Waals surface area (Å²) in [5.41, 5.74) is 0.817. The molecule has 122 valence electrons. The van der Waals surface area contributed by atoms with E-state index in [1.807, 2.05) is 0 Å². The average Bonchev–Trinajstić information content (AvgIpc) is 3.21. The Morgan fingerprint density at radius 3 is 2.74 bits per heavy atom. The zero-order chi connectivity index (χ0) is 16.4. The van der Waals surface area contributed by atoms with Gasteiger partial charge in [0.1, 0.15) is 0 Å². The minimum absolute atomic E-state index is 0.0837. The summed E-state index contributed by atoms with van der Waals surface area (Å²) in [6.07, 6.45) is 0. The van der Waals surface area contributed by atoms with E-state index in [-0.39, 0.29) is 24.2 Å². The first-order chi connectivity index (χ1) is 11.0. The van der Waals surface area contributed by atoms with Crippen molar-refractivity contribution in [1.29, 1.82) is 0 Å². The minimum atomic E-state index is -3.71. The Balaban J connectivity index is 1.66. The monoisotopic (exact) mass is 338 g/mol. The maximum absolute atomic E-state index is 12.0. The van der Waals surface area contributed by atoms with Gasteiger partial charge >= 0.3 is 0 Å². The van der Waals surface area contributed by atoms with E-state index in [0.29, 0.717) is 11.5 Å². The van der Waals surface area contributed by atoms with Gasteiger partial charge in [-0.1, -0.05) is 6.07 Å². The molecule has 0 saturated heterocycles. The Bertz CT molecular complexity index is 843. The third-order valence-corrected chi connectivity index (χ3v) is 4.52. The Kier molecular flexibility index (Phi) is 3.97. The first-order valence-electron chi connectivity index (χ1n) is 6.70. The number of carbonyl (C=O) groups excluding carboxylic acids is 1. The largest absolute Gasteiger partial charge is 0.454 e. The van der Waals surface area contributed by atoms with E-state index in [2.05, 4.69) is 10.0 Å². The van der Waals surface area contributed by atoms with Crippen molar-refractivity contribution in [3.63, 3.8) is 0 Å². The third-order valence-electron chi connectivity index (χ3n) is 3.23. The Labute approximate surface area is 132 Å². The van der Waals surface area contributed by atoms with Gasteiger partial charge in [0, 0.05) is 6.54 Å². The number of amides is 1. The number of rotatable bonds is 5. The molecule has 3 rings (SSSR count). The second kappa shape index (κ2) is 5.94. The second-order valence-electron chi connectivity index (χ2n) is 4.70. The number of sulfonamides is 1. The zero-order valence-electron chi connectivity index (χ0n) is 12.2. The highest BCUT2D eigenvalue weighted by molar-refractivity contribution is 7.89. The van der Waals surface area contributed by atoms with Crippen LogP contribution in [0.4, 0.5) is 0 Å². The van der Waals surface area contributed by atoms with Gasteiger partial charge in [-0.15, -0.1) is 0 Å². The maximum atomic E-state index is 12.0. The molecule has 0 atom stereocenters. The number of carbonyl (C=O) groups is 1. The van der Waals surface area contributed by atoms with E-state index in [1.54, 1.807) is 18.2 Å². The van der Waals surface area contributed by atoms with Gasteiger partial charge in [-0.3, -0.25) is 4.79 Å². The highest BCUT2D eigenvalue weighted by atomic mass is 32.2. The first-order valence-corrected chi connectivity index (χ1v) is 8.18. The lowest BCUT2D eigenvalue weighted by atomic mass is 10.2. The lowest BCUT2D eigenvalue weighted by Crippen LogP contribution is -2.22. The van der Waals surface area contributed by atoms with Crippen molar-refractivity contribution in [3.8, 4) is 11.5 Å². The molecule has 0 fully saturated rings. The second-order valence-corrected chi connectivity index (χ2v) is 6.51. The number of fused-ring (bicyclic) bond motifs is 1. The molecule has 2 aromatic rings. The molecule has 0 radical (unpaired) electrons. The van der Waals surface area contributed by atoms with Crippen LogP contribution in [0.2, 0.25) is 0 Å². The van der Waals surface area contributed by atoms with Gasteiger partial charge in [-0.2, -0.15) is 0 Å². The molecule has 2 N–H and O–H groups in total. The molecule has 0 bridgehead atoms. The average molecular weight is 338 g/mol. The fraction of sp³-hybridized carbons (Fsp3) is 0.214. The van der Waals surface area contributed by atoms with Gasteiger partial charge in [0.15, 0.2) is 17.3 Å². The van der Waals surface area contributed by atoms with Crippen LogP contribution in [0.25, 0.3) is 0 Å². The van der Waals surface area contributed by atoms with E-state index in [0.717, 1.165) is 5.56 Å². The molecule has 2 heterocycles. The molecule has 23 heavy (non-hydrogen) atoms. The molecule has 0 saturated carbocycles. The van der Waals surface area contributed by atoms with E-state index < -0.39 is 15.9 Å². The van der Waals surface area contributed by atoms with Crippen LogP contribution < -0.4 is 19.5 Å². The summed E-state index contributed by atoms with van der Waals surface area (Å²) in [5.74, 6) is 0.685. The van der Waals surface area contributed by atoms with Gasteiger partial charge < -0.3 is 19.2 Å². The molecule has 0 spiro atoms. The van der Waals surface area contributed by atoms with E-state index in [4.69, 9.17) is 13.9 Å². The number of furan rings is 1. The van der Waals surface area contributed by atoms with E-state index in [9.17, 15) is 13.2 Å². The molecule has 1 aromatic heterocycles. The summed E-state index contributed by atoms with van der Waals surface area (Å²) < 4.78 is 40.8. The van der Waals surface area contributed by atoms with Crippen LogP contribution in [0, 0.1) is 0 Å². The molecule has 1 aliphatic rings. The van der Waals surface area contributed by atoms with Gasteiger partial charge in [-0.05, 0) is 36.9 Å². The first kappa shape index (κ1) is 15.4. The Morgan fingerprint density at radius 1 is 1.17 bits per heavy atom. The van der Waals surface area contributed by atoms with Crippen molar-refractivity contribution in [2.45, 2.75) is 11.6 Å². The normalized spacial score (nSPS) is 13.1. The molecule has 9 heteroatoms. The molecule has 1 aromatic carbocycles. The van der Waals surface area contributed by atoms with Crippen LogP contribution >= 0.6 is 0 Å². The molecule has 0 unspecified atom stereocenters. The van der Waals surface area contributed by atoms with Crippen molar-refractivity contribution in [2.75, 3.05) is 13.8 Å². The standard InChI is InChI=1S/C14H14N2O6S/c1-15-23(18,19)13-5-4-11(22-13)14(17)16-7-9-2-3-10-12(6-9)21-8-20-10/h2-6,15H,7-8H2,1H3,(H,16,17). The Morgan fingerprint density at radius 2 is 1.96 bits per heavy atom. The molecule has 1 aliphatic heterocycles. The van der Waals surface area contributed by atoms with Crippen LogP contribution in [-0.4, -0.2) is 28.2 Å². The number of hydrogen-bond donors (Lipinski definition) is 2. The summed E-state index contributed by atoms with van der Waals surface area (Å²) in [5, 5.41) is 2.33. The molecular weight excluding hydrogens is 324 g/mol. The van der Waals surface area contributed by atoms with Gasteiger partial charge in [0.2, 0.25) is 11.9 Å². The van der Waals surface area contributed by atoms with Gasteiger partial charge in [-0.25, -0.2) is 13.1 Å². The number of nitrogens with one attached hydrogen (secondary N) is 2. The van der Waals surface area contributed by atoms with E-state index >= 15 is 0 Å². The van der Waals surface area contributed by atoms with Gasteiger partial charge in [0.05, 0.1) is 0 Å². The summed E-state index contributed by atoms with van der Waals surface area (Å²) in [6.45, 7) is 0.421. The topological polar surface area (TPSA) is 107 Å². The van der Waals surface area contributed by atoms with Crippen molar-refractivity contribution in [3.05, 3.63) is 41.7 Å². The third kappa shape index (κ3) is 3.15. The van der Waals surface area contributed by atoms with Crippen molar-refractivity contribution < 1.29 is 27.1 Å². The van der Waals surface area contributed by atoms with E-state index in [1.165, 1.54) is 19.2 Å². The minimum Gasteiger partial charge on any atom is -0.454 e. The lowest BCUT2D eigenvalue weighted by molar-refractivity contribution is 0.0917. The lowest BCUT2D eigenvalue weighted by Gasteiger charge is -2.05. The molecular formula is C14H14N2O6S. The predicted octanol–water partition coefficient (Wildman–Crippen LogP) is 0.846. The fourth-order valence-corrected chi connectivity index (χ4v) is 2.66. The number of hydrogen-bond acceptors (Lipinski definition) is 6.